The Kier molecular flexibility index (Phi) is 48.8. The lowest BCUT2D eigenvalue weighted by Gasteiger charge is -2.19. The van der Waals surface area contributed by atoms with E-state index >= 15 is 0 Å². The first-order valence-electron chi connectivity index (χ1n) is 26.6. The molecule has 0 bridgehead atoms. The normalized spacial score (nSPS) is 13.5. The number of phosphoric ester groups is 1. The van der Waals surface area contributed by atoms with E-state index in [0.717, 1.165) is 70.6 Å². The van der Waals surface area contributed by atoms with E-state index in [1.165, 1.54) is 148 Å². The van der Waals surface area contributed by atoms with Crippen LogP contribution in [0.5, 0.6) is 0 Å². The molecule has 0 fully saturated rings. The number of unbranched alkanes of at least 4 members (excludes halogenated alkanes) is 29. The average Bonchev–Trinajstić information content (AvgIpc) is 3.28. The number of nitrogens with two attached hydrogens (primary N) is 1. The molecule has 10 heteroatoms. The second-order valence-corrected chi connectivity index (χ2v) is 19.2. The Labute approximate surface area is 394 Å². The third kappa shape index (κ3) is 49.4. The number of carbonyl (C=O) groups excluding carboxylic acids is 2. The largest absolute Gasteiger partial charge is 0.472 e. The maximum atomic E-state index is 12.7. The van der Waals surface area contributed by atoms with E-state index in [2.05, 4.69) is 62.5 Å². The molecule has 2 unspecified atom stereocenters. The van der Waals surface area contributed by atoms with Gasteiger partial charge in [0, 0.05) is 19.4 Å². The molecular formula is C54H100NO8P. The molecule has 0 saturated carbocycles. The minimum atomic E-state index is -4.39. The number of carbonyl (C=O) groups is 2. The smallest absolute Gasteiger partial charge is 0.462 e. The highest BCUT2D eigenvalue weighted by Gasteiger charge is 2.26. The van der Waals surface area contributed by atoms with Crippen LogP contribution in [0.2, 0.25) is 0 Å². The van der Waals surface area contributed by atoms with Crippen molar-refractivity contribution in [3.8, 4) is 0 Å². The second-order valence-electron chi connectivity index (χ2n) is 17.7. The van der Waals surface area contributed by atoms with Crippen LogP contribution in [0.3, 0.4) is 0 Å². The molecule has 0 aliphatic rings. The molecule has 0 heterocycles. The molecule has 0 amide bonds. The van der Waals surface area contributed by atoms with Crippen LogP contribution in [0.15, 0.2) is 48.6 Å². The van der Waals surface area contributed by atoms with Crippen LogP contribution in [0.25, 0.3) is 0 Å². The highest BCUT2D eigenvalue weighted by atomic mass is 31.2. The molecule has 0 saturated heterocycles. The van der Waals surface area contributed by atoms with Crippen molar-refractivity contribution in [3.63, 3.8) is 0 Å². The molecule has 0 aromatic rings. The molecule has 64 heavy (non-hydrogen) atoms. The summed E-state index contributed by atoms with van der Waals surface area (Å²) in [5.74, 6) is -0.831. The molecule has 9 nitrogen and oxygen atoms in total. The van der Waals surface area contributed by atoms with Crippen molar-refractivity contribution < 1.29 is 37.6 Å². The Bertz CT molecular complexity index is 1190. The van der Waals surface area contributed by atoms with Crippen molar-refractivity contribution in [1.82, 2.24) is 0 Å². The first-order chi connectivity index (χ1) is 31.3. The molecular weight excluding hydrogens is 822 g/mol. The molecule has 374 valence electrons. The lowest BCUT2D eigenvalue weighted by atomic mass is 10.0. The Morgan fingerprint density at radius 3 is 1.22 bits per heavy atom. The molecule has 0 spiro atoms. The van der Waals surface area contributed by atoms with Gasteiger partial charge in [-0.1, -0.05) is 210 Å². The van der Waals surface area contributed by atoms with E-state index in [0.29, 0.717) is 6.42 Å². The Balaban J connectivity index is 4.03. The van der Waals surface area contributed by atoms with Crippen molar-refractivity contribution in [2.24, 2.45) is 5.73 Å². The van der Waals surface area contributed by atoms with Crippen LogP contribution >= 0.6 is 7.82 Å². The van der Waals surface area contributed by atoms with Crippen LogP contribution in [0.4, 0.5) is 0 Å². The molecule has 3 N–H and O–H groups in total. The summed E-state index contributed by atoms with van der Waals surface area (Å²) in [5.41, 5.74) is 5.37. The molecule has 2 atom stereocenters. The van der Waals surface area contributed by atoms with E-state index in [4.69, 9.17) is 24.3 Å². The van der Waals surface area contributed by atoms with E-state index < -0.39 is 26.5 Å². The summed E-state index contributed by atoms with van der Waals surface area (Å²) >= 11 is 0. The summed E-state index contributed by atoms with van der Waals surface area (Å²) in [5, 5.41) is 0. The number of hydrogen-bond acceptors (Lipinski definition) is 8. The summed E-state index contributed by atoms with van der Waals surface area (Å²) in [4.78, 5) is 35.1. The molecule has 0 rings (SSSR count). The molecule has 0 aromatic carbocycles. The summed E-state index contributed by atoms with van der Waals surface area (Å²) in [7, 11) is -4.39. The fourth-order valence-electron chi connectivity index (χ4n) is 7.46. The van der Waals surface area contributed by atoms with Gasteiger partial charge >= 0.3 is 19.8 Å². The van der Waals surface area contributed by atoms with E-state index in [-0.39, 0.29) is 38.6 Å². The third-order valence-corrected chi connectivity index (χ3v) is 12.4. The van der Waals surface area contributed by atoms with Gasteiger partial charge in [0.25, 0.3) is 0 Å². The first-order valence-corrected chi connectivity index (χ1v) is 28.1. The highest BCUT2D eigenvalue weighted by Crippen LogP contribution is 2.43. The number of allylic oxidation sites excluding steroid dienone is 8. The van der Waals surface area contributed by atoms with Crippen LogP contribution < -0.4 is 5.73 Å². The average molecular weight is 922 g/mol. The van der Waals surface area contributed by atoms with E-state index in [1.54, 1.807) is 0 Å². The maximum absolute atomic E-state index is 12.7. The zero-order chi connectivity index (χ0) is 46.7. The Hall–Kier alpha value is -2.03. The van der Waals surface area contributed by atoms with Crippen molar-refractivity contribution in [3.05, 3.63) is 48.6 Å². The lowest BCUT2D eigenvalue weighted by Crippen LogP contribution is -2.29. The minimum Gasteiger partial charge on any atom is -0.462 e. The van der Waals surface area contributed by atoms with Crippen LogP contribution in [0, 0.1) is 0 Å². The topological polar surface area (TPSA) is 134 Å². The number of esters is 2. The highest BCUT2D eigenvalue weighted by molar-refractivity contribution is 7.47. The standard InChI is InChI=1S/C54H100NO8P/c1-3-5-7-9-11-13-15-17-19-21-23-24-25-26-27-28-29-31-33-35-37-39-41-43-45-47-54(57)63-52(51-62-64(58,59)61-49-48-55)50-60-53(56)46-44-42-40-38-36-34-32-30-22-20-18-16-14-12-10-8-6-4-2/h15,17,20-23,25-26,52H,3-14,16,18-19,24,27-51,55H2,1-2H3,(H,58,59)/b17-15-,22-20-,23-21-,26-25-. The Morgan fingerprint density at radius 1 is 0.469 bits per heavy atom. The zero-order valence-corrected chi connectivity index (χ0v) is 42.4. The van der Waals surface area contributed by atoms with Gasteiger partial charge in [0.05, 0.1) is 13.2 Å². The Morgan fingerprint density at radius 2 is 0.812 bits per heavy atom. The van der Waals surface area contributed by atoms with Gasteiger partial charge in [0.2, 0.25) is 0 Å². The van der Waals surface area contributed by atoms with Gasteiger partial charge in [0.15, 0.2) is 6.10 Å². The van der Waals surface area contributed by atoms with Gasteiger partial charge in [-0.3, -0.25) is 18.6 Å². The van der Waals surface area contributed by atoms with Crippen molar-refractivity contribution in [1.29, 1.82) is 0 Å². The summed E-state index contributed by atoms with van der Waals surface area (Å²) in [6.07, 6.45) is 60.0. The fourth-order valence-corrected chi connectivity index (χ4v) is 8.23. The molecule has 0 radical (unpaired) electrons. The van der Waals surface area contributed by atoms with Crippen molar-refractivity contribution in [2.45, 2.75) is 258 Å². The van der Waals surface area contributed by atoms with E-state index in [1.807, 2.05) is 0 Å². The summed E-state index contributed by atoms with van der Waals surface area (Å²) in [6.45, 7) is 3.74. The third-order valence-electron chi connectivity index (χ3n) is 11.4. The molecule has 0 aromatic heterocycles. The molecule has 0 aliphatic carbocycles. The quantitative estimate of drug-likeness (QED) is 0.0265. The van der Waals surface area contributed by atoms with Gasteiger partial charge in [-0.15, -0.1) is 0 Å². The zero-order valence-electron chi connectivity index (χ0n) is 41.5. The van der Waals surface area contributed by atoms with Gasteiger partial charge in [-0.2, -0.15) is 0 Å². The number of ether oxygens (including phenoxy) is 2. The maximum Gasteiger partial charge on any atom is 0.472 e. The molecule has 0 aliphatic heterocycles. The van der Waals surface area contributed by atoms with Crippen LogP contribution in [0.1, 0.15) is 251 Å². The van der Waals surface area contributed by atoms with Crippen LogP contribution in [-0.2, 0) is 32.7 Å². The lowest BCUT2D eigenvalue weighted by molar-refractivity contribution is -0.161. The van der Waals surface area contributed by atoms with Crippen molar-refractivity contribution >= 4 is 19.8 Å². The summed E-state index contributed by atoms with van der Waals surface area (Å²) in [6, 6.07) is 0. The predicted molar refractivity (Wildman–Crippen MR) is 270 cm³/mol. The SMILES string of the molecule is CCCCCCC/C=C\C/C=C\C/C=C\CCCCCCCCCCCCC(=O)OC(COC(=O)CCCCCCCCC/C=C\CCCCCCCCC)COP(=O)(O)OCCN. The minimum absolute atomic E-state index is 0.0514. The van der Waals surface area contributed by atoms with Gasteiger partial charge in [-0.25, -0.2) is 4.57 Å². The summed E-state index contributed by atoms with van der Waals surface area (Å²) < 4.78 is 33.0. The second kappa shape index (κ2) is 50.4. The van der Waals surface area contributed by atoms with Crippen LogP contribution in [-0.4, -0.2) is 49.3 Å². The monoisotopic (exact) mass is 922 g/mol. The van der Waals surface area contributed by atoms with Gasteiger partial charge < -0.3 is 20.1 Å². The van der Waals surface area contributed by atoms with Gasteiger partial charge in [0.1, 0.15) is 6.61 Å². The predicted octanol–water partition coefficient (Wildman–Crippen LogP) is 16.2. The number of hydrogen-bond donors (Lipinski definition) is 2. The van der Waals surface area contributed by atoms with E-state index in [9.17, 15) is 19.0 Å². The van der Waals surface area contributed by atoms with Gasteiger partial charge in [-0.05, 0) is 77.0 Å². The first kappa shape index (κ1) is 62.0. The fraction of sp³-hybridized carbons (Fsp3) is 0.815. The van der Waals surface area contributed by atoms with Crippen molar-refractivity contribution in [2.75, 3.05) is 26.4 Å². The number of phosphoric acid groups is 1. The number of rotatable bonds is 50.